The monoisotopic (exact) mass is 300 g/mol. The van der Waals surface area contributed by atoms with Crippen molar-refractivity contribution in [2.75, 3.05) is 11.9 Å². The number of anilines is 1. The van der Waals surface area contributed by atoms with Gasteiger partial charge < -0.3 is 21.0 Å². The van der Waals surface area contributed by atoms with E-state index >= 15 is 0 Å². The Morgan fingerprint density at radius 2 is 2.09 bits per heavy atom. The molecule has 2 aromatic rings. The average Bonchev–Trinajstić information content (AvgIpc) is 2.91. The summed E-state index contributed by atoms with van der Waals surface area (Å²) in [6.45, 7) is 7.92. The molecule has 0 aliphatic rings. The third kappa shape index (κ3) is 4.25. The zero-order chi connectivity index (χ0) is 15.9. The van der Waals surface area contributed by atoms with Crippen LogP contribution in [0, 0.1) is 20.8 Å². The van der Waals surface area contributed by atoms with E-state index in [4.69, 9.17) is 5.84 Å². The fourth-order valence-electron chi connectivity index (χ4n) is 2.16. The van der Waals surface area contributed by atoms with Crippen LogP contribution in [0.5, 0.6) is 0 Å². The fourth-order valence-corrected chi connectivity index (χ4v) is 2.16. The second-order valence-electron chi connectivity index (χ2n) is 5.41. The van der Waals surface area contributed by atoms with Crippen LogP contribution in [-0.2, 0) is 6.54 Å². The van der Waals surface area contributed by atoms with Crippen LogP contribution in [-0.4, -0.2) is 22.1 Å². The van der Waals surface area contributed by atoms with Gasteiger partial charge >= 0.3 is 0 Å². The number of aryl methyl sites for hydroxylation is 4. The molecule has 1 heterocycles. The van der Waals surface area contributed by atoms with Crippen molar-refractivity contribution in [1.82, 2.24) is 14.9 Å². The highest BCUT2D eigenvalue weighted by molar-refractivity contribution is 5.93. The van der Waals surface area contributed by atoms with Crippen molar-refractivity contribution in [1.29, 1.82) is 0 Å². The van der Waals surface area contributed by atoms with Gasteiger partial charge in [0, 0.05) is 30.7 Å². The zero-order valence-electron chi connectivity index (χ0n) is 13.4. The van der Waals surface area contributed by atoms with Gasteiger partial charge in [0.25, 0.3) is 0 Å². The van der Waals surface area contributed by atoms with E-state index in [0.29, 0.717) is 5.96 Å². The lowest BCUT2D eigenvalue weighted by atomic mass is 10.1. The van der Waals surface area contributed by atoms with Gasteiger partial charge in [-0.1, -0.05) is 6.07 Å². The van der Waals surface area contributed by atoms with Crippen LogP contribution in [0.25, 0.3) is 0 Å². The Balaban J connectivity index is 1.80. The number of nitrogens with two attached hydrogens (primary N) is 1. The molecule has 0 spiro atoms. The molecule has 0 amide bonds. The second-order valence-corrected chi connectivity index (χ2v) is 5.41. The number of imidazole rings is 1. The molecular weight excluding hydrogens is 276 g/mol. The maximum Gasteiger partial charge on any atom is 0.217 e. The Morgan fingerprint density at radius 1 is 1.27 bits per heavy atom. The number of nitrogens with zero attached hydrogens (tertiary/aromatic N) is 3. The molecule has 1 aromatic carbocycles. The molecule has 118 valence electrons. The lowest BCUT2D eigenvalue weighted by molar-refractivity contribution is 0.618. The minimum Gasteiger partial charge on any atom is -0.355 e. The van der Waals surface area contributed by atoms with Crippen LogP contribution < -0.4 is 16.5 Å². The molecule has 0 saturated heterocycles. The number of benzene rings is 1. The van der Waals surface area contributed by atoms with Crippen molar-refractivity contribution >= 4 is 11.6 Å². The summed E-state index contributed by atoms with van der Waals surface area (Å²) in [6.07, 6.45) is 4.67. The molecular formula is C16H24N6. The lowest BCUT2D eigenvalue weighted by Gasteiger charge is -2.13. The minimum absolute atomic E-state index is 0.575. The highest BCUT2D eigenvalue weighted by Gasteiger charge is 2.02. The van der Waals surface area contributed by atoms with Gasteiger partial charge in [0.05, 0.1) is 6.33 Å². The smallest absolute Gasteiger partial charge is 0.217 e. The predicted molar refractivity (Wildman–Crippen MR) is 90.7 cm³/mol. The maximum absolute atomic E-state index is 5.44. The third-order valence-electron chi connectivity index (χ3n) is 3.69. The second kappa shape index (κ2) is 7.49. The highest BCUT2D eigenvalue weighted by atomic mass is 15.3. The van der Waals surface area contributed by atoms with Gasteiger partial charge in [-0.05, 0) is 50.5 Å². The van der Waals surface area contributed by atoms with Crippen LogP contribution in [0.3, 0.4) is 0 Å². The number of hydrogen-bond donors (Lipinski definition) is 3. The van der Waals surface area contributed by atoms with E-state index in [2.05, 4.69) is 58.2 Å². The van der Waals surface area contributed by atoms with Gasteiger partial charge in [0.15, 0.2) is 0 Å². The Kier molecular flexibility index (Phi) is 5.41. The molecule has 0 fully saturated rings. The van der Waals surface area contributed by atoms with Crippen LogP contribution in [0.15, 0.2) is 35.8 Å². The summed E-state index contributed by atoms with van der Waals surface area (Å²) in [5.74, 6) is 6.01. The zero-order valence-corrected chi connectivity index (χ0v) is 13.4. The first-order chi connectivity index (χ1) is 10.6. The fraction of sp³-hybridized carbons (Fsp3) is 0.375. The minimum atomic E-state index is 0.575. The summed E-state index contributed by atoms with van der Waals surface area (Å²) in [6, 6.07) is 6.18. The summed E-state index contributed by atoms with van der Waals surface area (Å²) in [5.41, 5.74) is 4.64. The Morgan fingerprint density at radius 3 is 2.73 bits per heavy atom. The average molecular weight is 300 g/mol. The Labute approximate surface area is 131 Å². The first kappa shape index (κ1) is 15.9. The van der Waals surface area contributed by atoms with E-state index in [0.717, 1.165) is 25.2 Å². The molecule has 1 aromatic heterocycles. The van der Waals surface area contributed by atoms with Crippen LogP contribution in [0.1, 0.15) is 23.2 Å². The quantitative estimate of drug-likeness (QED) is 0.260. The maximum atomic E-state index is 5.44. The van der Waals surface area contributed by atoms with Crippen molar-refractivity contribution in [2.24, 2.45) is 10.9 Å². The largest absolute Gasteiger partial charge is 0.355 e. The van der Waals surface area contributed by atoms with Crippen molar-refractivity contribution in [3.8, 4) is 0 Å². The van der Waals surface area contributed by atoms with Crippen LogP contribution in [0.2, 0.25) is 0 Å². The van der Waals surface area contributed by atoms with Crippen molar-refractivity contribution in [2.45, 2.75) is 33.7 Å². The number of hydrogen-bond acceptors (Lipinski definition) is 3. The van der Waals surface area contributed by atoms with Gasteiger partial charge in [-0.3, -0.25) is 0 Å². The van der Waals surface area contributed by atoms with Gasteiger partial charge in [-0.25, -0.2) is 4.98 Å². The standard InChI is InChI=1S/C16H24N6/c1-12-5-6-15(9-13(12)2)20-16(21-17)19-7-4-8-22-11-18-10-14(22)3/h5-6,9-11H,4,7-8,17H2,1-3H3,(H2,19,20,21). The van der Waals surface area contributed by atoms with Gasteiger partial charge in [0.1, 0.15) is 0 Å². The van der Waals surface area contributed by atoms with Crippen LogP contribution >= 0.6 is 0 Å². The van der Waals surface area contributed by atoms with Gasteiger partial charge in [0.2, 0.25) is 5.96 Å². The molecule has 0 atom stereocenters. The summed E-state index contributed by atoms with van der Waals surface area (Å²) < 4.78 is 2.12. The predicted octanol–water partition coefficient (Wildman–Crippen LogP) is 2.13. The van der Waals surface area contributed by atoms with Crippen molar-refractivity contribution in [3.63, 3.8) is 0 Å². The van der Waals surface area contributed by atoms with Gasteiger partial charge in [-0.2, -0.15) is 0 Å². The normalized spacial score (nSPS) is 11.5. The topological polar surface area (TPSA) is 80.3 Å². The van der Waals surface area contributed by atoms with E-state index in [9.17, 15) is 0 Å². The molecule has 0 saturated carbocycles. The SMILES string of the molecule is Cc1ccc(N/C(=N\N)NCCCn2cncc2C)cc1C. The molecule has 2 rings (SSSR count). The first-order valence-corrected chi connectivity index (χ1v) is 7.43. The molecule has 0 aliphatic heterocycles. The molecule has 4 N–H and O–H groups in total. The van der Waals surface area contributed by atoms with E-state index < -0.39 is 0 Å². The first-order valence-electron chi connectivity index (χ1n) is 7.43. The summed E-state index contributed by atoms with van der Waals surface area (Å²) in [4.78, 5) is 4.11. The van der Waals surface area contributed by atoms with Gasteiger partial charge in [-0.15, -0.1) is 5.10 Å². The number of guanidine groups is 1. The van der Waals surface area contributed by atoms with Crippen molar-refractivity contribution < 1.29 is 0 Å². The molecule has 0 aliphatic carbocycles. The summed E-state index contributed by atoms with van der Waals surface area (Å²) >= 11 is 0. The number of rotatable bonds is 5. The Bertz CT molecular complexity index is 644. The third-order valence-corrected chi connectivity index (χ3v) is 3.69. The summed E-state index contributed by atoms with van der Waals surface area (Å²) in [7, 11) is 0. The van der Waals surface area contributed by atoms with Crippen molar-refractivity contribution in [3.05, 3.63) is 47.5 Å². The molecule has 22 heavy (non-hydrogen) atoms. The molecule has 0 unspecified atom stereocenters. The highest BCUT2D eigenvalue weighted by Crippen LogP contribution is 2.13. The lowest BCUT2D eigenvalue weighted by Crippen LogP contribution is -2.33. The van der Waals surface area contributed by atoms with E-state index in [1.807, 2.05) is 18.6 Å². The number of aromatic nitrogens is 2. The molecule has 6 heteroatoms. The van der Waals surface area contributed by atoms with E-state index in [1.165, 1.54) is 16.8 Å². The summed E-state index contributed by atoms with van der Waals surface area (Å²) in [5, 5.41) is 10.2. The molecule has 0 radical (unpaired) electrons. The van der Waals surface area contributed by atoms with E-state index in [1.54, 1.807) is 0 Å². The van der Waals surface area contributed by atoms with Crippen LogP contribution in [0.4, 0.5) is 5.69 Å². The Hall–Kier alpha value is -2.50. The molecule has 0 bridgehead atoms. The number of nitrogens with one attached hydrogen (secondary N) is 2. The van der Waals surface area contributed by atoms with E-state index in [-0.39, 0.29) is 0 Å². The number of hydrazone groups is 1. The molecule has 6 nitrogen and oxygen atoms in total.